The average Bonchev–Trinajstić information content (AvgIpc) is 2.47. The fraction of sp³-hybridized carbons (Fsp3) is 0.267. The highest BCUT2D eigenvalue weighted by Crippen LogP contribution is 2.42. The molecule has 100 valence electrons. The third-order valence-electron chi connectivity index (χ3n) is 3.64. The molecule has 1 aromatic rings. The second kappa shape index (κ2) is 4.82. The highest BCUT2D eigenvalue weighted by atomic mass is 16.5. The first-order chi connectivity index (χ1) is 9.72. The number of aromatic nitrogens is 1. The molecule has 2 N–H and O–H groups in total. The molecule has 0 amide bonds. The van der Waals surface area contributed by atoms with E-state index in [1.165, 1.54) is 0 Å². The van der Waals surface area contributed by atoms with Crippen molar-refractivity contribution in [2.75, 3.05) is 0 Å². The van der Waals surface area contributed by atoms with Crippen LogP contribution in [0.1, 0.15) is 30.7 Å². The van der Waals surface area contributed by atoms with Crippen molar-refractivity contribution in [3.63, 3.8) is 0 Å². The highest BCUT2D eigenvalue weighted by molar-refractivity contribution is 5.99. The number of hydrogen-bond donors (Lipinski definition) is 1. The molecule has 0 saturated heterocycles. The Morgan fingerprint density at radius 1 is 1.35 bits per heavy atom. The third-order valence-corrected chi connectivity index (χ3v) is 3.64. The number of ether oxygens (including phenoxy) is 1. The van der Waals surface area contributed by atoms with Crippen LogP contribution in [-0.2, 0) is 9.53 Å². The first-order valence-electron chi connectivity index (χ1n) is 6.46. The van der Waals surface area contributed by atoms with Crippen molar-refractivity contribution in [3.05, 3.63) is 52.9 Å². The van der Waals surface area contributed by atoms with Gasteiger partial charge >= 0.3 is 0 Å². The zero-order valence-corrected chi connectivity index (χ0v) is 10.8. The number of carbonyl (C=O) groups excluding carboxylic acids is 1. The minimum absolute atomic E-state index is 0.0355. The summed E-state index contributed by atoms with van der Waals surface area (Å²) >= 11 is 0. The van der Waals surface area contributed by atoms with E-state index in [9.17, 15) is 10.1 Å². The van der Waals surface area contributed by atoms with Crippen molar-refractivity contribution in [2.24, 2.45) is 5.73 Å². The van der Waals surface area contributed by atoms with Gasteiger partial charge in [0.15, 0.2) is 5.78 Å². The summed E-state index contributed by atoms with van der Waals surface area (Å²) in [7, 11) is 0. The van der Waals surface area contributed by atoms with E-state index < -0.39 is 5.92 Å². The van der Waals surface area contributed by atoms with E-state index in [1.54, 1.807) is 24.5 Å². The van der Waals surface area contributed by atoms with Crippen LogP contribution in [0.5, 0.6) is 0 Å². The number of nitrogens with two attached hydrogens (primary N) is 1. The zero-order chi connectivity index (χ0) is 14.1. The lowest BCUT2D eigenvalue weighted by Gasteiger charge is -2.30. The molecule has 5 heteroatoms. The van der Waals surface area contributed by atoms with Gasteiger partial charge in [-0.1, -0.05) is 0 Å². The molecule has 1 atom stereocenters. The van der Waals surface area contributed by atoms with Crippen molar-refractivity contribution >= 4 is 5.78 Å². The molecule has 1 aromatic heterocycles. The van der Waals surface area contributed by atoms with Gasteiger partial charge in [0.05, 0.1) is 5.92 Å². The van der Waals surface area contributed by atoms with Gasteiger partial charge in [0, 0.05) is 30.8 Å². The monoisotopic (exact) mass is 267 g/mol. The molecule has 0 aromatic carbocycles. The van der Waals surface area contributed by atoms with Crippen LogP contribution in [0.3, 0.4) is 0 Å². The molecular formula is C15H13N3O2. The van der Waals surface area contributed by atoms with E-state index in [4.69, 9.17) is 10.5 Å². The molecule has 1 aliphatic heterocycles. The van der Waals surface area contributed by atoms with Crippen LogP contribution < -0.4 is 5.73 Å². The van der Waals surface area contributed by atoms with E-state index in [0.29, 0.717) is 29.7 Å². The second-order valence-corrected chi connectivity index (χ2v) is 4.82. The first-order valence-corrected chi connectivity index (χ1v) is 6.46. The van der Waals surface area contributed by atoms with Crippen molar-refractivity contribution in [1.29, 1.82) is 5.26 Å². The average molecular weight is 267 g/mol. The number of ketones is 1. The van der Waals surface area contributed by atoms with Crippen LogP contribution in [-0.4, -0.2) is 10.8 Å². The molecule has 2 heterocycles. The normalized spacial score (nSPS) is 22.1. The summed E-state index contributed by atoms with van der Waals surface area (Å²) in [6.07, 6.45) is 5.22. The largest absolute Gasteiger partial charge is 0.444 e. The number of nitriles is 1. The second-order valence-electron chi connectivity index (χ2n) is 4.82. The van der Waals surface area contributed by atoms with E-state index in [-0.39, 0.29) is 11.7 Å². The molecule has 5 nitrogen and oxygen atoms in total. The molecule has 20 heavy (non-hydrogen) atoms. The van der Waals surface area contributed by atoms with Crippen molar-refractivity contribution in [3.8, 4) is 6.07 Å². The van der Waals surface area contributed by atoms with Crippen molar-refractivity contribution in [2.45, 2.75) is 25.2 Å². The summed E-state index contributed by atoms with van der Waals surface area (Å²) in [5.74, 6) is 0.315. The molecular weight excluding hydrogens is 254 g/mol. The summed E-state index contributed by atoms with van der Waals surface area (Å²) in [6.45, 7) is 0. The Hall–Kier alpha value is -2.61. The van der Waals surface area contributed by atoms with Crippen molar-refractivity contribution in [1.82, 2.24) is 4.98 Å². The predicted molar refractivity (Wildman–Crippen MR) is 70.8 cm³/mol. The van der Waals surface area contributed by atoms with Gasteiger partial charge in [0.2, 0.25) is 5.88 Å². The van der Waals surface area contributed by atoms with Crippen LogP contribution in [0.25, 0.3) is 0 Å². The Labute approximate surface area is 116 Å². The molecule has 1 aliphatic carbocycles. The molecule has 0 spiro atoms. The summed E-state index contributed by atoms with van der Waals surface area (Å²) in [4.78, 5) is 16.2. The van der Waals surface area contributed by atoms with Gasteiger partial charge in [-0.15, -0.1) is 0 Å². The molecule has 0 saturated carbocycles. The molecule has 0 radical (unpaired) electrons. The first kappa shape index (κ1) is 12.4. The number of rotatable bonds is 1. The summed E-state index contributed by atoms with van der Waals surface area (Å²) < 4.78 is 5.49. The van der Waals surface area contributed by atoms with Gasteiger partial charge < -0.3 is 10.5 Å². The lowest BCUT2D eigenvalue weighted by atomic mass is 9.78. The number of Topliss-reactive ketones (excluding diaryl/α,β-unsaturated/α-hetero) is 1. The molecule has 0 bridgehead atoms. The molecule has 2 aliphatic rings. The molecule has 0 fully saturated rings. The number of hydrogen-bond acceptors (Lipinski definition) is 5. The van der Waals surface area contributed by atoms with Crippen LogP contribution in [0.15, 0.2) is 47.3 Å². The van der Waals surface area contributed by atoms with Gasteiger partial charge in [0.1, 0.15) is 17.4 Å². The minimum atomic E-state index is -0.431. The topological polar surface area (TPSA) is 89.0 Å². The summed E-state index contributed by atoms with van der Waals surface area (Å²) in [6, 6.07) is 5.68. The van der Waals surface area contributed by atoms with E-state index in [1.807, 2.05) is 0 Å². The quantitative estimate of drug-likeness (QED) is 0.839. The van der Waals surface area contributed by atoms with E-state index in [2.05, 4.69) is 11.1 Å². The smallest absolute Gasteiger partial charge is 0.205 e. The molecule has 0 unspecified atom stereocenters. The van der Waals surface area contributed by atoms with Gasteiger partial charge in [-0.3, -0.25) is 9.78 Å². The van der Waals surface area contributed by atoms with Crippen LogP contribution in [0.2, 0.25) is 0 Å². The summed E-state index contributed by atoms with van der Waals surface area (Å²) in [5, 5.41) is 9.35. The Kier molecular flexibility index (Phi) is 2.99. The standard InChI is InChI=1S/C15H13N3O2/c16-8-10-13(9-4-6-18-7-5-9)14-11(19)2-1-3-12(14)20-15(10)17/h4-7,13H,1-3,17H2/t13-/m0/s1. The highest BCUT2D eigenvalue weighted by Gasteiger charge is 2.37. The maximum absolute atomic E-state index is 12.3. The van der Waals surface area contributed by atoms with Gasteiger partial charge in [-0.2, -0.15) is 5.26 Å². The third kappa shape index (κ3) is 1.86. The lowest BCUT2D eigenvalue weighted by molar-refractivity contribution is -0.116. The number of pyridine rings is 1. The Balaban J connectivity index is 2.18. The maximum Gasteiger partial charge on any atom is 0.205 e. The number of allylic oxidation sites excluding steroid dienone is 3. The number of nitrogens with zero attached hydrogens (tertiary/aromatic N) is 2. The summed E-state index contributed by atoms with van der Waals surface area (Å²) in [5.41, 5.74) is 7.56. The predicted octanol–water partition coefficient (Wildman–Crippen LogP) is 1.90. The maximum atomic E-state index is 12.3. The van der Waals surface area contributed by atoms with E-state index in [0.717, 1.165) is 12.0 Å². The van der Waals surface area contributed by atoms with Crippen LogP contribution >= 0.6 is 0 Å². The molecule has 3 rings (SSSR count). The Morgan fingerprint density at radius 2 is 2.10 bits per heavy atom. The zero-order valence-electron chi connectivity index (χ0n) is 10.8. The van der Waals surface area contributed by atoms with E-state index >= 15 is 0 Å². The fourth-order valence-electron chi connectivity index (χ4n) is 2.75. The van der Waals surface area contributed by atoms with Gasteiger partial charge in [-0.05, 0) is 24.1 Å². The van der Waals surface area contributed by atoms with Crippen LogP contribution in [0.4, 0.5) is 0 Å². The Morgan fingerprint density at radius 3 is 2.80 bits per heavy atom. The van der Waals surface area contributed by atoms with Crippen molar-refractivity contribution < 1.29 is 9.53 Å². The van der Waals surface area contributed by atoms with Gasteiger partial charge in [0.25, 0.3) is 0 Å². The minimum Gasteiger partial charge on any atom is -0.444 e. The lowest BCUT2D eigenvalue weighted by Crippen LogP contribution is -2.27. The SMILES string of the molecule is N#CC1=C(N)OC2=C(C(=O)CCC2)[C@H]1c1ccncc1. The Bertz CT molecular complexity index is 668. The van der Waals surface area contributed by atoms with Crippen LogP contribution in [0, 0.1) is 11.3 Å². The number of carbonyl (C=O) groups is 1. The fourth-order valence-corrected chi connectivity index (χ4v) is 2.75. The van der Waals surface area contributed by atoms with Gasteiger partial charge in [-0.25, -0.2) is 0 Å².